The number of carbonyl (C=O) groups excluding carboxylic acids is 2. The van der Waals surface area contributed by atoms with Gasteiger partial charge in [0.2, 0.25) is 5.91 Å². The summed E-state index contributed by atoms with van der Waals surface area (Å²) in [5.41, 5.74) is 0.621. The van der Waals surface area contributed by atoms with Crippen LogP contribution in [0.5, 0.6) is 0 Å². The Hall–Kier alpha value is -1.99. The van der Waals surface area contributed by atoms with Gasteiger partial charge in [-0.15, -0.1) is 0 Å². The van der Waals surface area contributed by atoms with E-state index >= 15 is 0 Å². The Balaban J connectivity index is 1.57. The fourth-order valence-electron chi connectivity index (χ4n) is 3.96. The molecule has 1 aromatic carbocycles. The van der Waals surface area contributed by atoms with Crippen molar-refractivity contribution in [2.75, 3.05) is 44.7 Å². The van der Waals surface area contributed by atoms with Gasteiger partial charge in [0.05, 0.1) is 24.3 Å². The van der Waals surface area contributed by atoms with E-state index in [9.17, 15) is 14.0 Å². The van der Waals surface area contributed by atoms with Gasteiger partial charge >= 0.3 is 0 Å². The van der Waals surface area contributed by atoms with Crippen LogP contribution < -0.4 is 4.90 Å². The highest BCUT2D eigenvalue weighted by Gasteiger charge is 2.41. The third-order valence-electron chi connectivity index (χ3n) is 5.43. The van der Waals surface area contributed by atoms with Crippen molar-refractivity contribution in [2.45, 2.75) is 25.0 Å². The van der Waals surface area contributed by atoms with Crippen molar-refractivity contribution < 1.29 is 18.7 Å². The first kappa shape index (κ1) is 16.5. The third-order valence-corrected chi connectivity index (χ3v) is 5.43. The van der Waals surface area contributed by atoms with Gasteiger partial charge in [0.1, 0.15) is 5.82 Å². The average molecular weight is 347 g/mol. The van der Waals surface area contributed by atoms with Crippen molar-refractivity contribution in [1.29, 1.82) is 0 Å². The lowest BCUT2D eigenvalue weighted by molar-refractivity contribution is -0.117. The van der Waals surface area contributed by atoms with Gasteiger partial charge in [0.25, 0.3) is 5.91 Å². The molecule has 0 aliphatic carbocycles. The summed E-state index contributed by atoms with van der Waals surface area (Å²) in [5, 5.41) is 0. The monoisotopic (exact) mass is 347 g/mol. The number of fused-ring (bicyclic) bond motifs is 1. The smallest absolute Gasteiger partial charge is 0.257 e. The largest absolute Gasteiger partial charge is 0.373 e. The first-order valence-corrected chi connectivity index (χ1v) is 8.75. The summed E-state index contributed by atoms with van der Waals surface area (Å²) in [6, 6.07) is 4.51. The third kappa shape index (κ3) is 2.91. The number of anilines is 1. The Morgan fingerprint density at radius 2 is 2.12 bits per heavy atom. The molecular weight excluding hydrogens is 325 g/mol. The van der Waals surface area contributed by atoms with Crippen molar-refractivity contribution >= 4 is 17.5 Å². The normalized spacial score (nSPS) is 27.0. The number of hydrogen-bond acceptors (Lipinski definition) is 4. The molecule has 25 heavy (non-hydrogen) atoms. The molecule has 1 aromatic rings. The molecule has 3 aliphatic rings. The molecule has 2 amide bonds. The molecule has 0 bridgehead atoms. The van der Waals surface area contributed by atoms with E-state index in [2.05, 4.69) is 4.90 Å². The summed E-state index contributed by atoms with van der Waals surface area (Å²) in [4.78, 5) is 30.3. The first-order valence-electron chi connectivity index (χ1n) is 8.75. The van der Waals surface area contributed by atoms with Crippen molar-refractivity contribution in [3.63, 3.8) is 0 Å². The molecule has 6 nitrogen and oxygen atoms in total. The number of likely N-dealkylation sites (N-methyl/N-ethyl adjacent to an activating group) is 1. The quantitative estimate of drug-likeness (QED) is 0.804. The van der Waals surface area contributed by atoms with Gasteiger partial charge in [0.15, 0.2) is 0 Å². The van der Waals surface area contributed by atoms with E-state index in [0.717, 1.165) is 13.0 Å². The van der Waals surface area contributed by atoms with Crippen LogP contribution in [0.3, 0.4) is 0 Å². The second-order valence-electron chi connectivity index (χ2n) is 6.98. The van der Waals surface area contributed by atoms with Gasteiger partial charge in [-0.05, 0) is 31.7 Å². The molecule has 0 unspecified atom stereocenters. The summed E-state index contributed by atoms with van der Waals surface area (Å²) in [7, 11) is 2.02. The summed E-state index contributed by atoms with van der Waals surface area (Å²) in [6.45, 7) is 3.11. The maximum absolute atomic E-state index is 14.3. The lowest BCUT2D eigenvalue weighted by atomic mass is 10.1. The van der Waals surface area contributed by atoms with Crippen LogP contribution in [0.15, 0.2) is 18.2 Å². The van der Waals surface area contributed by atoms with Crippen molar-refractivity contribution in [1.82, 2.24) is 9.80 Å². The van der Waals surface area contributed by atoms with E-state index in [4.69, 9.17) is 4.74 Å². The second-order valence-corrected chi connectivity index (χ2v) is 6.98. The number of rotatable bonds is 2. The van der Waals surface area contributed by atoms with E-state index in [1.165, 1.54) is 12.1 Å². The van der Waals surface area contributed by atoms with Crippen LogP contribution in [0.4, 0.5) is 10.1 Å². The lowest BCUT2D eigenvalue weighted by Crippen LogP contribution is -2.48. The molecule has 3 fully saturated rings. The number of amides is 2. The number of benzene rings is 1. The Morgan fingerprint density at radius 1 is 1.28 bits per heavy atom. The molecule has 0 aromatic heterocycles. The molecule has 3 aliphatic heterocycles. The van der Waals surface area contributed by atoms with Crippen LogP contribution in [-0.4, -0.2) is 73.6 Å². The number of halogens is 1. The Bertz CT molecular complexity index is 711. The predicted molar refractivity (Wildman–Crippen MR) is 90.0 cm³/mol. The number of carbonyl (C=O) groups is 2. The molecule has 7 heteroatoms. The predicted octanol–water partition coefficient (Wildman–Crippen LogP) is 1.11. The highest BCUT2D eigenvalue weighted by Crippen LogP contribution is 2.27. The van der Waals surface area contributed by atoms with Gasteiger partial charge in [0, 0.05) is 38.3 Å². The topological polar surface area (TPSA) is 53.1 Å². The summed E-state index contributed by atoms with van der Waals surface area (Å²) < 4.78 is 20.1. The number of morpholine rings is 1. The molecular formula is C18H22FN3O3. The minimum absolute atomic E-state index is 0.0193. The first-order chi connectivity index (χ1) is 12.0. The van der Waals surface area contributed by atoms with Crippen LogP contribution in [0, 0.1) is 5.82 Å². The molecule has 0 spiro atoms. The maximum atomic E-state index is 14.3. The zero-order valence-electron chi connectivity index (χ0n) is 14.3. The van der Waals surface area contributed by atoms with Gasteiger partial charge < -0.3 is 14.5 Å². The maximum Gasteiger partial charge on any atom is 0.257 e. The molecule has 2 atom stereocenters. The van der Waals surface area contributed by atoms with Gasteiger partial charge in [-0.2, -0.15) is 0 Å². The molecule has 0 N–H and O–H groups in total. The van der Waals surface area contributed by atoms with E-state index in [1.807, 2.05) is 7.05 Å². The highest BCUT2D eigenvalue weighted by molar-refractivity contribution is 5.99. The van der Waals surface area contributed by atoms with Crippen LogP contribution in [0.2, 0.25) is 0 Å². The SMILES string of the molecule is CN1CCO[C@@H]2CN(C(=O)c3cc(N4CCCC4=O)ccc3F)C[C@@H]21. The van der Waals surface area contributed by atoms with Crippen molar-refractivity contribution in [2.24, 2.45) is 0 Å². The zero-order valence-corrected chi connectivity index (χ0v) is 14.3. The lowest BCUT2D eigenvalue weighted by Gasteiger charge is -2.33. The molecule has 3 saturated heterocycles. The minimum atomic E-state index is -0.551. The van der Waals surface area contributed by atoms with Crippen LogP contribution in [0.25, 0.3) is 0 Å². The van der Waals surface area contributed by atoms with Crippen LogP contribution in [-0.2, 0) is 9.53 Å². The fraction of sp³-hybridized carbons (Fsp3) is 0.556. The molecule has 3 heterocycles. The minimum Gasteiger partial charge on any atom is -0.373 e. The molecule has 134 valence electrons. The summed E-state index contributed by atoms with van der Waals surface area (Å²) >= 11 is 0. The summed E-state index contributed by atoms with van der Waals surface area (Å²) in [6.07, 6.45) is 1.27. The van der Waals surface area contributed by atoms with E-state index in [1.54, 1.807) is 15.9 Å². The van der Waals surface area contributed by atoms with Crippen molar-refractivity contribution in [3.8, 4) is 0 Å². The fourth-order valence-corrected chi connectivity index (χ4v) is 3.96. The van der Waals surface area contributed by atoms with Gasteiger partial charge in [-0.1, -0.05) is 0 Å². The Morgan fingerprint density at radius 3 is 2.84 bits per heavy atom. The van der Waals surface area contributed by atoms with Crippen LogP contribution >= 0.6 is 0 Å². The number of nitrogens with zero attached hydrogens (tertiary/aromatic N) is 3. The average Bonchev–Trinajstić information content (AvgIpc) is 3.22. The number of ether oxygens (including phenoxy) is 1. The zero-order chi connectivity index (χ0) is 17.6. The molecule has 0 radical (unpaired) electrons. The second kappa shape index (κ2) is 6.38. The standard InChI is InChI=1S/C18H22FN3O3/c1-20-7-8-25-16-11-21(10-15(16)20)18(24)13-9-12(4-5-14(13)19)22-6-2-3-17(22)23/h4-5,9,15-16H,2-3,6-8,10-11H2,1H3/t15-,16+/m0/s1. The molecule has 0 saturated carbocycles. The van der Waals surface area contributed by atoms with Gasteiger partial charge in [-0.3, -0.25) is 14.5 Å². The highest BCUT2D eigenvalue weighted by atomic mass is 19.1. The molecule has 4 rings (SSSR count). The van der Waals surface area contributed by atoms with E-state index in [0.29, 0.717) is 38.3 Å². The Labute approximate surface area is 146 Å². The van der Waals surface area contributed by atoms with E-state index in [-0.39, 0.29) is 29.5 Å². The van der Waals surface area contributed by atoms with Gasteiger partial charge in [-0.25, -0.2) is 4.39 Å². The number of likely N-dealkylation sites (tertiary alicyclic amines) is 1. The van der Waals surface area contributed by atoms with E-state index < -0.39 is 5.82 Å². The van der Waals surface area contributed by atoms with Crippen LogP contribution in [0.1, 0.15) is 23.2 Å². The number of hydrogen-bond donors (Lipinski definition) is 0. The van der Waals surface area contributed by atoms with Crippen molar-refractivity contribution in [3.05, 3.63) is 29.6 Å². The summed E-state index contributed by atoms with van der Waals surface area (Å²) in [5.74, 6) is -0.867. The Kier molecular flexibility index (Phi) is 4.21.